The van der Waals surface area contributed by atoms with Crippen molar-refractivity contribution in [3.63, 3.8) is 0 Å². The molecule has 124 valence electrons. The van der Waals surface area contributed by atoms with Gasteiger partial charge in [0.05, 0.1) is 35.9 Å². The zero-order chi connectivity index (χ0) is 17.5. The molecule has 0 aliphatic rings. The summed E-state index contributed by atoms with van der Waals surface area (Å²) in [4.78, 5) is 22.6. The molecule has 0 radical (unpaired) electrons. The van der Waals surface area contributed by atoms with Gasteiger partial charge in [0, 0.05) is 13.1 Å². The van der Waals surface area contributed by atoms with Crippen LogP contribution in [0.15, 0.2) is 53.6 Å². The number of esters is 1. The van der Waals surface area contributed by atoms with Crippen LogP contribution in [0.2, 0.25) is 0 Å². The lowest BCUT2D eigenvalue weighted by Crippen LogP contribution is -2.16. The van der Waals surface area contributed by atoms with E-state index >= 15 is 0 Å². The minimum Gasteiger partial charge on any atom is -0.465 e. The average Bonchev–Trinajstić information content (AvgIpc) is 2.60. The van der Waals surface area contributed by atoms with Crippen LogP contribution in [0.3, 0.4) is 0 Å². The summed E-state index contributed by atoms with van der Waals surface area (Å²) in [5, 5.41) is 17.0. The molecule has 0 fully saturated rings. The van der Waals surface area contributed by atoms with Crippen LogP contribution in [0.4, 0.5) is 5.69 Å². The smallest absolute Gasteiger partial charge is 0.338 e. The summed E-state index contributed by atoms with van der Waals surface area (Å²) in [7, 11) is 2.92. The second kappa shape index (κ2) is 7.87. The minimum absolute atomic E-state index is 0.102. The molecular weight excluding hydrogens is 310 g/mol. The van der Waals surface area contributed by atoms with Gasteiger partial charge in [-0.05, 0) is 11.6 Å². The molecule has 0 aliphatic carbocycles. The standard InChI is InChI=1S/C17H17N3O4/c1-19(18-11-13-7-4-3-5-8-13)12-15-14(17(21)24-2)9-6-10-16(15)20(22)23/h3-11H,12H2,1-2H3/b18-11+. The van der Waals surface area contributed by atoms with Crippen LogP contribution >= 0.6 is 0 Å². The minimum atomic E-state index is -0.617. The molecular formula is C17H17N3O4. The predicted octanol–water partition coefficient (Wildman–Crippen LogP) is 2.85. The number of methoxy groups -OCH3 is 1. The Balaban J connectivity index is 2.28. The van der Waals surface area contributed by atoms with E-state index in [1.165, 1.54) is 30.3 Å². The monoisotopic (exact) mass is 327 g/mol. The van der Waals surface area contributed by atoms with Gasteiger partial charge in [-0.15, -0.1) is 0 Å². The predicted molar refractivity (Wildman–Crippen MR) is 89.9 cm³/mol. The van der Waals surface area contributed by atoms with E-state index < -0.39 is 10.9 Å². The lowest BCUT2D eigenvalue weighted by atomic mass is 10.1. The van der Waals surface area contributed by atoms with Crippen LogP contribution < -0.4 is 0 Å². The van der Waals surface area contributed by atoms with Crippen molar-refractivity contribution >= 4 is 17.9 Å². The van der Waals surface area contributed by atoms with Gasteiger partial charge in [-0.1, -0.05) is 36.4 Å². The number of rotatable bonds is 6. The Morgan fingerprint density at radius 1 is 1.25 bits per heavy atom. The zero-order valence-electron chi connectivity index (χ0n) is 13.4. The third-order valence-corrected chi connectivity index (χ3v) is 3.34. The van der Waals surface area contributed by atoms with Crippen molar-refractivity contribution in [2.45, 2.75) is 6.54 Å². The highest BCUT2D eigenvalue weighted by molar-refractivity contribution is 5.92. The Morgan fingerprint density at radius 3 is 2.58 bits per heavy atom. The molecule has 0 bridgehead atoms. The molecule has 24 heavy (non-hydrogen) atoms. The number of carbonyl (C=O) groups is 1. The fourth-order valence-corrected chi connectivity index (χ4v) is 2.19. The first-order valence-corrected chi connectivity index (χ1v) is 7.17. The quantitative estimate of drug-likeness (QED) is 0.352. The largest absolute Gasteiger partial charge is 0.465 e. The maximum absolute atomic E-state index is 11.9. The number of ether oxygens (including phenoxy) is 1. The van der Waals surface area contributed by atoms with E-state index in [9.17, 15) is 14.9 Å². The van der Waals surface area contributed by atoms with Gasteiger partial charge in [-0.25, -0.2) is 4.79 Å². The van der Waals surface area contributed by atoms with Crippen molar-refractivity contribution in [3.8, 4) is 0 Å². The molecule has 0 heterocycles. The number of hydrazone groups is 1. The van der Waals surface area contributed by atoms with Crippen LogP contribution in [0.5, 0.6) is 0 Å². The van der Waals surface area contributed by atoms with Crippen LogP contribution in [0, 0.1) is 10.1 Å². The van der Waals surface area contributed by atoms with E-state index in [0.29, 0.717) is 0 Å². The van der Waals surface area contributed by atoms with E-state index in [4.69, 9.17) is 4.74 Å². The first-order chi connectivity index (χ1) is 11.5. The Hall–Kier alpha value is -3.22. The van der Waals surface area contributed by atoms with E-state index in [1.807, 2.05) is 30.3 Å². The van der Waals surface area contributed by atoms with Gasteiger partial charge in [0.15, 0.2) is 0 Å². The zero-order valence-corrected chi connectivity index (χ0v) is 13.4. The summed E-state index contributed by atoms with van der Waals surface area (Å²) in [6.45, 7) is 0.102. The van der Waals surface area contributed by atoms with E-state index in [-0.39, 0.29) is 23.4 Å². The summed E-state index contributed by atoms with van der Waals surface area (Å²) < 4.78 is 4.70. The first kappa shape index (κ1) is 17.1. The molecule has 2 aromatic carbocycles. The number of nitrogens with zero attached hydrogens (tertiary/aromatic N) is 3. The fraction of sp³-hybridized carbons (Fsp3) is 0.176. The second-order valence-electron chi connectivity index (χ2n) is 5.02. The third kappa shape index (κ3) is 4.16. The lowest BCUT2D eigenvalue weighted by Gasteiger charge is -2.15. The number of hydrogen-bond acceptors (Lipinski definition) is 6. The number of nitro groups is 1. The van der Waals surface area contributed by atoms with Crippen molar-refractivity contribution < 1.29 is 14.5 Å². The van der Waals surface area contributed by atoms with Gasteiger partial charge < -0.3 is 4.74 Å². The molecule has 0 N–H and O–H groups in total. The lowest BCUT2D eigenvalue weighted by molar-refractivity contribution is -0.385. The average molecular weight is 327 g/mol. The Kier molecular flexibility index (Phi) is 5.62. The van der Waals surface area contributed by atoms with Gasteiger partial charge in [0.1, 0.15) is 0 Å². The van der Waals surface area contributed by atoms with Gasteiger partial charge in [0.2, 0.25) is 0 Å². The molecule has 7 heteroatoms. The van der Waals surface area contributed by atoms with Crippen LogP contribution in [-0.4, -0.2) is 36.3 Å². The summed E-state index contributed by atoms with van der Waals surface area (Å²) in [6, 6.07) is 13.8. The van der Waals surface area contributed by atoms with Crippen molar-refractivity contribution in [1.29, 1.82) is 0 Å². The molecule has 2 rings (SSSR count). The van der Waals surface area contributed by atoms with Crippen molar-refractivity contribution in [3.05, 3.63) is 75.3 Å². The highest BCUT2D eigenvalue weighted by atomic mass is 16.6. The summed E-state index contributed by atoms with van der Waals surface area (Å²) in [6.07, 6.45) is 1.65. The highest BCUT2D eigenvalue weighted by Gasteiger charge is 2.22. The number of carbonyl (C=O) groups excluding carboxylic acids is 1. The maximum atomic E-state index is 11.9. The van der Waals surface area contributed by atoms with E-state index in [0.717, 1.165) is 5.56 Å². The van der Waals surface area contributed by atoms with E-state index in [1.54, 1.807) is 13.3 Å². The molecule has 0 amide bonds. The number of nitro benzene ring substituents is 1. The molecule has 0 unspecified atom stereocenters. The third-order valence-electron chi connectivity index (χ3n) is 3.34. The summed E-state index contributed by atoms with van der Waals surface area (Å²) in [5.41, 5.74) is 1.19. The maximum Gasteiger partial charge on any atom is 0.338 e. The fourth-order valence-electron chi connectivity index (χ4n) is 2.19. The molecule has 7 nitrogen and oxygen atoms in total. The molecule has 0 aromatic heterocycles. The molecule has 0 saturated carbocycles. The first-order valence-electron chi connectivity index (χ1n) is 7.17. The van der Waals surface area contributed by atoms with Crippen LogP contribution in [0.25, 0.3) is 0 Å². The molecule has 0 atom stereocenters. The van der Waals surface area contributed by atoms with Gasteiger partial charge in [0.25, 0.3) is 5.69 Å². The van der Waals surface area contributed by atoms with Gasteiger partial charge in [-0.2, -0.15) is 5.10 Å². The summed E-state index contributed by atoms with van der Waals surface area (Å²) >= 11 is 0. The number of benzene rings is 2. The topological polar surface area (TPSA) is 85.0 Å². The molecule has 2 aromatic rings. The number of hydrogen-bond donors (Lipinski definition) is 0. The Morgan fingerprint density at radius 2 is 1.96 bits per heavy atom. The van der Waals surface area contributed by atoms with Crippen molar-refractivity contribution in [2.75, 3.05) is 14.2 Å². The highest BCUT2D eigenvalue weighted by Crippen LogP contribution is 2.24. The molecule has 0 aliphatic heterocycles. The SMILES string of the molecule is COC(=O)c1cccc([N+](=O)[O-])c1CN(C)/N=C/c1ccccc1. The Labute approximate surface area is 139 Å². The second-order valence-corrected chi connectivity index (χ2v) is 5.02. The van der Waals surface area contributed by atoms with Gasteiger partial charge >= 0.3 is 5.97 Å². The molecule has 0 spiro atoms. The van der Waals surface area contributed by atoms with E-state index in [2.05, 4.69) is 5.10 Å². The van der Waals surface area contributed by atoms with Gasteiger partial charge in [-0.3, -0.25) is 15.1 Å². The summed E-state index contributed by atoms with van der Waals surface area (Å²) in [5.74, 6) is -0.617. The Bertz CT molecular complexity index is 760. The molecule has 0 saturated heterocycles. The van der Waals surface area contributed by atoms with Crippen molar-refractivity contribution in [1.82, 2.24) is 5.01 Å². The normalized spacial score (nSPS) is 10.6. The van der Waals surface area contributed by atoms with Crippen LogP contribution in [0.1, 0.15) is 21.5 Å². The van der Waals surface area contributed by atoms with Crippen LogP contribution in [-0.2, 0) is 11.3 Å². The van der Waals surface area contributed by atoms with Crippen molar-refractivity contribution in [2.24, 2.45) is 5.10 Å².